The molecule has 4 heteroatoms. The van der Waals surface area contributed by atoms with Crippen LogP contribution in [0.4, 0.5) is 0 Å². The van der Waals surface area contributed by atoms with Crippen LogP contribution >= 0.6 is 0 Å². The van der Waals surface area contributed by atoms with Gasteiger partial charge >= 0.3 is 0 Å². The third-order valence-electron chi connectivity index (χ3n) is 3.94. The molecule has 0 aliphatic carbocycles. The van der Waals surface area contributed by atoms with Gasteiger partial charge in [0.15, 0.2) is 0 Å². The smallest absolute Gasteiger partial charge is 0.220 e. The lowest BCUT2D eigenvalue weighted by atomic mass is 9.88. The van der Waals surface area contributed by atoms with Crippen molar-refractivity contribution >= 4 is 5.91 Å². The van der Waals surface area contributed by atoms with Gasteiger partial charge in [0.25, 0.3) is 0 Å². The van der Waals surface area contributed by atoms with Crippen molar-refractivity contribution in [2.24, 2.45) is 17.6 Å². The summed E-state index contributed by atoms with van der Waals surface area (Å²) in [7, 11) is 0. The predicted octanol–water partition coefficient (Wildman–Crippen LogP) is 2.24. The summed E-state index contributed by atoms with van der Waals surface area (Å²) < 4.78 is 0. The molecule has 21 heavy (non-hydrogen) atoms. The molecule has 0 saturated heterocycles. The summed E-state index contributed by atoms with van der Waals surface area (Å²) in [6.07, 6.45) is 2.27. The van der Waals surface area contributed by atoms with E-state index in [2.05, 4.69) is 19.2 Å². The van der Waals surface area contributed by atoms with Gasteiger partial charge < -0.3 is 16.2 Å². The minimum Gasteiger partial charge on any atom is -0.394 e. The second kappa shape index (κ2) is 9.53. The summed E-state index contributed by atoms with van der Waals surface area (Å²) in [5, 5.41) is 12.3. The third-order valence-corrected chi connectivity index (χ3v) is 3.94. The molecule has 0 aliphatic rings. The predicted molar refractivity (Wildman–Crippen MR) is 85.6 cm³/mol. The van der Waals surface area contributed by atoms with Crippen molar-refractivity contribution < 1.29 is 9.90 Å². The molecule has 4 N–H and O–H groups in total. The Morgan fingerprint density at radius 3 is 2.43 bits per heavy atom. The van der Waals surface area contributed by atoms with Crippen molar-refractivity contribution in [1.82, 2.24) is 5.32 Å². The van der Waals surface area contributed by atoms with Gasteiger partial charge in [0.1, 0.15) is 0 Å². The molecule has 1 amide bonds. The molecule has 118 valence electrons. The molecule has 0 bridgehead atoms. The quantitative estimate of drug-likeness (QED) is 0.653. The van der Waals surface area contributed by atoms with Gasteiger partial charge in [-0.3, -0.25) is 4.79 Å². The standard InChI is InChI=1S/C17H28N2O2/c1-13(2)14(10-11-18)8-9-17(21)19-16(12-20)15-6-4-3-5-7-15/h3-7,13-14,16,20H,8-12,18H2,1-2H3,(H,19,21). The highest BCUT2D eigenvalue weighted by Gasteiger charge is 2.17. The first-order valence-electron chi connectivity index (χ1n) is 7.73. The minimum absolute atomic E-state index is 0.0134. The average Bonchev–Trinajstić information content (AvgIpc) is 2.49. The maximum absolute atomic E-state index is 12.1. The van der Waals surface area contributed by atoms with Crippen molar-refractivity contribution in [2.45, 2.75) is 39.2 Å². The molecule has 0 spiro atoms. The zero-order valence-corrected chi connectivity index (χ0v) is 13.1. The van der Waals surface area contributed by atoms with Crippen LogP contribution in [0.3, 0.4) is 0 Å². The van der Waals surface area contributed by atoms with Crippen molar-refractivity contribution in [3.63, 3.8) is 0 Å². The Kier molecular flexibility index (Phi) is 8.01. The van der Waals surface area contributed by atoms with Crippen LogP contribution in [0.25, 0.3) is 0 Å². The highest BCUT2D eigenvalue weighted by Crippen LogP contribution is 2.20. The van der Waals surface area contributed by atoms with Gasteiger partial charge in [-0.2, -0.15) is 0 Å². The number of amides is 1. The van der Waals surface area contributed by atoms with E-state index in [0.717, 1.165) is 18.4 Å². The first kappa shape index (κ1) is 17.7. The molecule has 0 radical (unpaired) electrons. The average molecular weight is 292 g/mol. The number of hydrogen-bond donors (Lipinski definition) is 3. The summed E-state index contributed by atoms with van der Waals surface area (Å²) in [5.74, 6) is 0.995. The fourth-order valence-corrected chi connectivity index (χ4v) is 2.53. The zero-order chi connectivity index (χ0) is 15.7. The van der Waals surface area contributed by atoms with Crippen molar-refractivity contribution in [1.29, 1.82) is 0 Å². The molecule has 1 aromatic carbocycles. The topological polar surface area (TPSA) is 75.4 Å². The summed E-state index contributed by atoms with van der Waals surface area (Å²) >= 11 is 0. The van der Waals surface area contributed by atoms with E-state index in [0.29, 0.717) is 24.8 Å². The summed E-state index contributed by atoms with van der Waals surface area (Å²) in [4.78, 5) is 12.1. The first-order chi connectivity index (χ1) is 10.1. The molecule has 1 aromatic rings. The normalized spacial score (nSPS) is 14.0. The van der Waals surface area contributed by atoms with Crippen LogP contribution in [0.2, 0.25) is 0 Å². The van der Waals surface area contributed by atoms with Gasteiger partial charge in [-0.1, -0.05) is 44.2 Å². The van der Waals surface area contributed by atoms with Crippen molar-refractivity contribution in [2.75, 3.05) is 13.2 Å². The van der Waals surface area contributed by atoms with Gasteiger partial charge in [-0.05, 0) is 36.8 Å². The zero-order valence-electron chi connectivity index (χ0n) is 13.1. The fraction of sp³-hybridized carbons (Fsp3) is 0.588. The molecule has 0 fully saturated rings. The van der Waals surface area contributed by atoms with Gasteiger partial charge in [0, 0.05) is 6.42 Å². The number of aliphatic hydroxyl groups excluding tert-OH is 1. The Morgan fingerprint density at radius 1 is 1.24 bits per heavy atom. The van der Waals surface area contributed by atoms with Crippen LogP contribution in [0.5, 0.6) is 0 Å². The van der Waals surface area contributed by atoms with Crippen LogP contribution in [0.1, 0.15) is 44.7 Å². The minimum atomic E-state index is -0.328. The van der Waals surface area contributed by atoms with Gasteiger partial charge in [0.05, 0.1) is 12.6 Å². The van der Waals surface area contributed by atoms with Crippen LogP contribution < -0.4 is 11.1 Å². The lowest BCUT2D eigenvalue weighted by Gasteiger charge is -2.21. The fourth-order valence-electron chi connectivity index (χ4n) is 2.53. The first-order valence-corrected chi connectivity index (χ1v) is 7.73. The number of nitrogens with one attached hydrogen (secondary N) is 1. The Morgan fingerprint density at radius 2 is 1.90 bits per heavy atom. The number of aliphatic hydroxyl groups is 1. The molecule has 2 unspecified atom stereocenters. The summed E-state index contributed by atoms with van der Waals surface area (Å²) in [6.45, 7) is 4.90. The van der Waals surface area contributed by atoms with Crippen molar-refractivity contribution in [3.8, 4) is 0 Å². The Bertz CT molecular complexity index is 407. The molecule has 0 saturated carbocycles. The maximum atomic E-state index is 12.1. The Balaban J connectivity index is 2.48. The third kappa shape index (κ3) is 6.27. The maximum Gasteiger partial charge on any atom is 0.220 e. The Labute approximate surface area is 127 Å². The van der Waals surface area contributed by atoms with E-state index in [1.165, 1.54) is 0 Å². The van der Waals surface area contributed by atoms with Crippen LogP contribution in [0.15, 0.2) is 30.3 Å². The number of benzene rings is 1. The van der Waals surface area contributed by atoms with E-state index in [4.69, 9.17) is 5.73 Å². The number of carbonyl (C=O) groups is 1. The molecule has 0 heterocycles. The van der Waals surface area contributed by atoms with Gasteiger partial charge in [-0.15, -0.1) is 0 Å². The molecule has 4 nitrogen and oxygen atoms in total. The SMILES string of the molecule is CC(C)C(CCN)CCC(=O)NC(CO)c1ccccc1. The molecular formula is C17H28N2O2. The summed E-state index contributed by atoms with van der Waals surface area (Å²) in [6, 6.07) is 9.21. The highest BCUT2D eigenvalue weighted by atomic mass is 16.3. The van der Waals surface area contributed by atoms with Crippen LogP contribution in [-0.2, 0) is 4.79 Å². The molecule has 1 rings (SSSR count). The van der Waals surface area contributed by atoms with E-state index in [9.17, 15) is 9.90 Å². The van der Waals surface area contributed by atoms with Gasteiger partial charge in [-0.25, -0.2) is 0 Å². The summed E-state index contributed by atoms with van der Waals surface area (Å²) in [5.41, 5.74) is 6.54. The second-order valence-electron chi connectivity index (χ2n) is 5.83. The molecule has 2 atom stereocenters. The van der Waals surface area contributed by atoms with E-state index in [1.54, 1.807) is 0 Å². The number of rotatable bonds is 9. The highest BCUT2D eigenvalue weighted by molar-refractivity contribution is 5.76. The van der Waals surface area contributed by atoms with E-state index in [-0.39, 0.29) is 18.6 Å². The van der Waals surface area contributed by atoms with Crippen LogP contribution in [-0.4, -0.2) is 24.2 Å². The number of carbonyl (C=O) groups excluding carboxylic acids is 1. The molecule has 0 aliphatic heterocycles. The van der Waals surface area contributed by atoms with E-state index in [1.807, 2.05) is 30.3 Å². The second-order valence-corrected chi connectivity index (χ2v) is 5.83. The Hall–Kier alpha value is -1.39. The number of hydrogen-bond acceptors (Lipinski definition) is 3. The van der Waals surface area contributed by atoms with Gasteiger partial charge in [0.2, 0.25) is 5.91 Å². The van der Waals surface area contributed by atoms with Crippen molar-refractivity contribution in [3.05, 3.63) is 35.9 Å². The van der Waals surface area contributed by atoms with E-state index < -0.39 is 0 Å². The monoisotopic (exact) mass is 292 g/mol. The largest absolute Gasteiger partial charge is 0.394 e. The molecular weight excluding hydrogens is 264 g/mol. The molecule has 0 aromatic heterocycles. The lowest BCUT2D eigenvalue weighted by molar-refractivity contribution is -0.122. The van der Waals surface area contributed by atoms with Crippen LogP contribution in [0, 0.1) is 11.8 Å². The lowest BCUT2D eigenvalue weighted by Crippen LogP contribution is -2.31. The van der Waals surface area contributed by atoms with E-state index >= 15 is 0 Å². The number of nitrogens with two attached hydrogens (primary N) is 1.